The molecule has 10 heavy (non-hydrogen) atoms. The lowest BCUT2D eigenvalue weighted by Crippen LogP contribution is -2.31. The number of carboxylic acid groups (broad SMARTS) is 1. The number of nitrogens with two attached hydrogens (primary N) is 1. The van der Waals surface area contributed by atoms with Crippen LogP contribution in [-0.4, -0.2) is 36.0 Å². The zero-order chi connectivity index (χ0) is 7.98. The van der Waals surface area contributed by atoms with Crippen LogP contribution >= 0.6 is 0 Å². The minimum atomic E-state index is -1.09. The third-order valence-corrected chi connectivity index (χ3v) is 0.866. The van der Waals surface area contributed by atoms with Gasteiger partial charge in [-0.3, -0.25) is 4.84 Å². The summed E-state index contributed by atoms with van der Waals surface area (Å²) in [6, 6.07) is 0. The van der Waals surface area contributed by atoms with Crippen LogP contribution in [0.15, 0.2) is 0 Å². The van der Waals surface area contributed by atoms with Gasteiger partial charge in [0.2, 0.25) is 0 Å². The van der Waals surface area contributed by atoms with Crippen molar-refractivity contribution in [3.8, 4) is 0 Å². The van der Waals surface area contributed by atoms with Crippen molar-refractivity contribution in [1.82, 2.24) is 5.06 Å². The molecule has 1 amide bonds. The molecule has 0 heterocycles. The van der Waals surface area contributed by atoms with Gasteiger partial charge < -0.3 is 10.8 Å². The van der Waals surface area contributed by atoms with Crippen LogP contribution in [0.25, 0.3) is 0 Å². The van der Waals surface area contributed by atoms with E-state index in [1.54, 1.807) is 6.92 Å². The largest absolute Gasteiger partial charge is 0.463 e. The fourth-order valence-electron chi connectivity index (χ4n) is 0.445. The molecule has 0 aromatic carbocycles. The Morgan fingerprint density at radius 3 is 2.70 bits per heavy atom. The summed E-state index contributed by atoms with van der Waals surface area (Å²) in [7, 11) is 0. The van der Waals surface area contributed by atoms with Crippen molar-refractivity contribution < 1.29 is 14.7 Å². The lowest BCUT2D eigenvalue weighted by molar-refractivity contribution is -0.124. The molecule has 3 N–H and O–H groups in total. The normalized spacial score (nSPS) is 9.40. The van der Waals surface area contributed by atoms with Gasteiger partial charge in [0.25, 0.3) is 0 Å². The van der Waals surface area contributed by atoms with Gasteiger partial charge in [0.1, 0.15) is 0 Å². The van der Waals surface area contributed by atoms with Gasteiger partial charge in [-0.05, 0) is 6.92 Å². The molecule has 0 aromatic rings. The van der Waals surface area contributed by atoms with Gasteiger partial charge in [-0.1, -0.05) is 0 Å². The molecule has 60 valence electrons. The first-order valence-corrected chi connectivity index (χ1v) is 3.05. The number of amides is 1. The molecule has 0 saturated heterocycles. The number of nitrogens with zero attached hydrogens (tertiary/aromatic N) is 1. The molecule has 0 aliphatic heterocycles. The number of rotatable bonds is 4. The molecule has 0 fully saturated rings. The lowest BCUT2D eigenvalue weighted by atomic mass is 10.7. The molecule has 0 saturated carbocycles. The maximum Gasteiger partial charge on any atom is 0.431 e. The summed E-state index contributed by atoms with van der Waals surface area (Å²) >= 11 is 0. The molecular weight excluding hydrogens is 136 g/mol. The van der Waals surface area contributed by atoms with Gasteiger partial charge in [-0.25, -0.2) is 4.79 Å². The van der Waals surface area contributed by atoms with Crippen molar-refractivity contribution in [2.75, 3.05) is 19.7 Å². The summed E-state index contributed by atoms with van der Waals surface area (Å²) in [5.74, 6) is 0. The Morgan fingerprint density at radius 1 is 1.80 bits per heavy atom. The Bertz CT molecular complexity index is 107. The minimum Gasteiger partial charge on any atom is -0.463 e. The van der Waals surface area contributed by atoms with Crippen molar-refractivity contribution in [3.63, 3.8) is 0 Å². The van der Waals surface area contributed by atoms with E-state index in [0.29, 0.717) is 13.1 Å². The molecule has 0 aliphatic rings. The van der Waals surface area contributed by atoms with Gasteiger partial charge in [0.15, 0.2) is 0 Å². The second kappa shape index (κ2) is 5.01. The minimum absolute atomic E-state index is 0.236. The summed E-state index contributed by atoms with van der Waals surface area (Å²) < 4.78 is 0. The van der Waals surface area contributed by atoms with Crippen LogP contribution in [0.2, 0.25) is 0 Å². The van der Waals surface area contributed by atoms with E-state index in [2.05, 4.69) is 0 Å². The van der Waals surface area contributed by atoms with Crippen molar-refractivity contribution in [3.05, 3.63) is 0 Å². The molecule has 0 spiro atoms. The summed E-state index contributed by atoms with van der Waals surface area (Å²) in [5, 5.41) is 9.20. The average Bonchev–Trinajstić information content (AvgIpc) is 1.89. The molecule has 0 aromatic heterocycles. The van der Waals surface area contributed by atoms with Crippen LogP contribution in [0, 0.1) is 0 Å². The van der Waals surface area contributed by atoms with Gasteiger partial charge in [0, 0.05) is 13.1 Å². The van der Waals surface area contributed by atoms with Gasteiger partial charge in [0.05, 0.1) is 6.61 Å². The average molecular weight is 148 g/mol. The summed E-state index contributed by atoms with van der Waals surface area (Å²) in [6.07, 6.45) is -1.09. The fourth-order valence-corrected chi connectivity index (χ4v) is 0.445. The van der Waals surface area contributed by atoms with E-state index in [1.807, 2.05) is 0 Å². The Labute approximate surface area is 59.3 Å². The Morgan fingerprint density at radius 2 is 2.40 bits per heavy atom. The molecule has 0 unspecified atom stereocenters. The maximum absolute atomic E-state index is 10.2. The molecule has 0 aliphatic carbocycles. The second-order valence-electron chi connectivity index (χ2n) is 1.60. The topological polar surface area (TPSA) is 75.8 Å². The molecule has 0 radical (unpaired) electrons. The number of hydroxylamine groups is 2. The second-order valence-corrected chi connectivity index (χ2v) is 1.60. The first-order valence-electron chi connectivity index (χ1n) is 3.05. The maximum atomic E-state index is 10.2. The van der Waals surface area contributed by atoms with E-state index in [9.17, 15) is 4.79 Å². The van der Waals surface area contributed by atoms with E-state index in [4.69, 9.17) is 15.7 Å². The van der Waals surface area contributed by atoms with E-state index in [-0.39, 0.29) is 6.61 Å². The lowest BCUT2D eigenvalue weighted by Gasteiger charge is -2.14. The standard InChI is InChI=1S/C5H12N2O3/c1-2-7(5(8)9)10-4-3-6/h2-4,6H2,1H3,(H,8,9). The summed E-state index contributed by atoms with van der Waals surface area (Å²) in [6.45, 7) is 2.56. The molecule has 0 rings (SSSR count). The predicted octanol–water partition coefficient (Wildman–Crippen LogP) is -0.123. The summed E-state index contributed by atoms with van der Waals surface area (Å²) in [4.78, 5) is 14.9. The number of hydrogen-bond acceptors (Lipinski definition) is 3. The van der Waals surface area contributed by atoms with Crippen molar-refractivity contribution in [1.29, 1.82) is 0 Å². The fraction of sp³-hybridized carbons (Fsp3) is 0.800. The van der Waals surface area contributed by atoms with Gasteiger partial charge >= 0.3 is 6.09 Å². The molecule has 5 nitrogen and oxygen atoms in total. The van der Waals surface area contributed by atoms with Crippen LogP contribution in [-0.2, 0) is 4.84 Å². The highest BCUT2D eigenvalue weighted by Gasteiger charge is 2.07. The Kier molecular flexibility index (Phi) is 4.61. The van der Waals surface area contributed by atoms with Crippen LogP contribution in [0.4, 0.5) is 4.79 Å². The van der Waals surface area contributed by atoms with Gasteiger partial charge in [-0.15, -0.1) is 0 Å². The Hall–Kier alpha value is -0.810. The quantitative estimate of drug-likeness (QED) is 0.545. The van der Waals surface area contributed by atoms with Gasteiger partial charge in [-0.2, -0.15) is 5.06 Å². The monoisotopic (exact) mass is 148 g/mol. The predicted molar refractivity (Wildman–Crippen MR) is 35.4 cm³/mol. The van der Waals surface area contributed by atoms with Crippen LogP contribution in [0.3, 0.4) is 0 Å². The van der Waals surface area contributed by atoms with Crippen molar-refractivity contribution >= 4 is 6.09 Å². The summed E-state index contributed by atoms with van der Waals surface area (Å²) in [5.41, 5.74) is 5.09. The van der Waals surface area contributed by atoms with E-state index >= 15 is 0 Å². The number of carbonyl (C=O) groups is 1. The van der Waals surface area contributed by atoms with E-state index in [0.717, 1.165) is 5.06 Å². The third-order valence-electron chi connectivity index (χ3n) is 0.866. The highest BCUT2D eigenvalue weighted by Crippen LogP contribution is 1.88. The molecular formula is C5H12N2O3. The van der Waals surface area contributed by atoms with Crippen LogP contribution in [0.1, 0.15) is 6.92 Å². The van der Waals surface area contributed by atoms with Crippen molar-refractivity contribution in [2.45, 2.75) is 6.92 Å². The smallest absolute Gasteiger partial charge is 0.431 e. The first kappa shape index (κ1) is 9.19. The van der Waals surface area contributed by atoms with E-state index in [1.165, 1.54) is 0 Å². The first-order chi connectivity index (χ1) is 4.72. The Balaban J connectivity index is 3.50. The zero-order valence-electron chi connectivity index (χ0n) is 5.91. The van der Waals surface area contributed by atoms with E-state index < -0.39 is 6.09 Å². The zero-order valence-corrected chi connectivity index (χ0v) is 5.91. The van der Waals surface area contributed by atoms with Crippen LogP contribution < -0.4 is 5.73 Å². The van der Waals surface area contributed by atoms with Crippen LogP contribution in [0.5, 0.6) is 0 Å². The molecule has 0 atom stereocenters. The highest BCUT2D eigenvalue weighted by molar-refractivity contribution is 5.63. The molecule has 5 heteroatoms. The highest BCUT2D eigenvalue weighted by atomic mass is 16.7. The molecule has 0 bridgehead atoms. The number of hydrogen-bond donors (Lipinski definition) is 2. The SMILES string of the molecule is CCN(OCCN)C(=O)O. The van der Waals surface area contributed by atoms with Crippen molar-refractivity contribution in [2.24, 2.45) is 5.73 Å². The third kappa shape index (κ3) is 3.26.